The van der Waals surface area contributed by atoms with E-state index in [2.05, 4.69) is 0 Å². The van der Waals surface area contributed by atoms with Gasteiger partial charge in [-0.05, 0) is 43.9 Å². The van der Waals surface area contributed by atoms with Crippen molar-refractivity contribution >= 4 is 51.9 Å². The van der Waals surface area contributed by atoms with E-state index in [0.717, 1.165) is 27.3 Å². The van der Waals surface area contributed by atoms with Crippen LogP contribution in [-0.4, -0.2) is 35.9 Å². The number of carbonyl (C=O) groups excluding carboxylic acids is 2. The highest BCUT2D eigenvalue weighted by atomic mass is 32.2. The van der Waals surface area contributed by atoms with Crippen molar-refractivity contribution in [1.29, 1.82) is 0 Å². The predicted octanol–water partition coefficient (Wildman–Crippen LogP) is 4.39. The molecule has 0 bridgehead atoms. The van der Waals surface area contributed by atoms with Crippen LogP contribution in [0.15, 0.2) is 99.1 Å². The van der Waals surface area contributed by atoms with Gasteiger partial charge in [-0.25, -0.2) is 9.79 Å². The number of benzene rings is 3. The number of nitrogens with zero attached hydrogens (tertiary/aromatic N) is 3. The Morgan fingerprint density at radius 1 is 0.976 bits per heavy atom. The maximum Gasteiger partial charge on any atom is 0.338 e. The molecule has 3 aromatic carbocycles. The molecule has 0 saturated carbocycles. The first kappa shape index (κ1) is 27.0. The fourth-order valence-corrected chi connectivity index (χ4v) is 6.91. The van der Waals surface area contributed by atoms with Gasteiger partial charge in [0.2, 0.25) is 0 Å². The molecule has 0 N–H and O–H groups in total. The van der Waals surface area contributed by atoms with E-state index in [4.69, 9.17) is 9.73 Å². The second-order valence-electron chi connectivity index (χ2n) is 9.47. The third kappa shape index (κ3) is 4.45. The summed E-state index contributed by atoms with van der Waals surface area (Å²) in [6.07, 6.45) is 1.99. The van der Waals surface area contributed by atoms with Crippen molar-refractivity contribution in [2.24, 2.45) is 4.99 Å². The molecule has 4 aromatic rings. The Labute approximate surface area is 245 Å². The Morgan fingerprint density at radius 2 is 1.68 bits per heavy atom. The summed E-state index contributed by atoms with van der Waals surface area (Å²) in [6.45, 7) is 4.32. The number of ether oxygens (including phenoxy) is 1. The number of anilines is 1. The van der Waals surface area contributed by atoms with Crippen LogP contribution < -0.4 is 19.8 Å². The van der Waals surface area contributed by atoms with Gasteiger partial charge in [-0.3, -0.25) is 14.2 Å². The lowest BCUT2D eigenvalue weighted by molar-refractivity contribution is -0.138. The molecule has 9 heteroatoms. The highest BCUT2D eigenvalue weighted by molar-refractivity contribution is 7.98. The molecule has 0 radical (unpaired) electrons. The zero-order valence-corrected chi connectivity index (χ0v) is 24.4. The zero-order chi connectivity index (χ0) is 28.7. The number of hydrogen-bond acceptors (Lipinski definition) is 7. The van der Waals surface area contributed by atoms with Crippen molar-refractivity contribution in [2.45, 2.75) is 24.8 Å². The maximum absolute atomic E-state index is 14.4. The average molecular weight is 582 g/mol. The van der Waals surface area contributed by atoms with Gasteiger partial charge in [0.1, 0.15) is 4.53 Å². The molecule has 1 amide bonds. The van der Waals surface area contributed by atoms with Gasteiger partial charge in [0.05, 0.1) is 35.2 Å². The number of esters is 1. The summed E-state index contributed by atoms with van der Waals surface area (Å²) >= 11 is 2.79. The van der Waals surface area contributed by atoms with Crippen LogP contribution in [0.2, 0.25) is 0 Å². The lowest BCUT2D eigenvalue weighted by Crippen LogP contribution is -2.41. The lowest BCUT2D eigenvalue weighted by atomic mass is 9.93. The smallest absolute Gasteiger partial charge is 0.338 e. The van der Waals surface area contributed by atoms with Crippen molar-refractivity contribution in [2.75, 3.05) is 24.3 Å². The number of carbonyl (C=O) groups is 2. The van der Waals surface area contributed by atoms with Crippen molar-refractivity contribution in [3.05, 3.63) is 121 Å². The summed E-state index contributed by atoms with van der Waals surface area (Å²) in [5, 5.41) is 0. The minimum atomic E-state index is -0.792. The van der Waals surface area contributed by atoms with E-state index < -0.39 is 12.0 Å². The lowest BCUT2D eigenvalue weighted by Gasteiger charge is -2.26. The van der Waals surface area contributed by atoms with Crippen LogP contribution in [0.3, 0.4) is 0 Å². The van der Waals surface area contributed by atoms with Gasteiger partial charge in [-0.15, -0.1) is 11.8 Å². The zero-order valence-electron chi connectivity index (χ0n) is 22.8. The van der Waals surface area contributed by atoms with Crippen molar-refractivity contribution in [3.63, 3.8) is 0 Å². The Morgan fingerprint density at radius 3 is 2.37 bits per heavy atom. The standard InChI is InChI=1S/C32H27N3O4S2/c1-4-34-23-14-10-9-13-22(23)24(29(34)36)28-30(37)35-27(20-15-17-21(40-3)18-16-20)25(31(38)39-5-2)26(33-32(35)41-28)19-11-7-6-8-12-19/h6-18,27H,4-5H2,1-3H3/b28-24+/t27-/m0/s1. The number of thioether (sulfide) groups is 1. The second-order valence-corrected chi connectivity index (χ2v) is 11.3. The van der Waals surface area contributed by atoms with E-state index in [9.17, 15) is 14.4 Å². The van der Waals surface area contributed by atoms with Gasteiger partial charge >= 0.3 is 5.97 Å². The SMILES string of the molecule is CCOC(=O)C1=C(c2ccccc2)N=c2s/c(=C3/C(=O)N(CC)c4ccccc43)c(=O)n2[C@H]1c1ccc(SC)cc1. The van der Waals surface area contributed by atoms with Gasteiger partial charge < -0.3 is 9.64 Å². The molecule has 206 valence electrons. The minimum Gasteiger partial charge on any atom is -0.463 e. The van der Waals surface area contributed by atoms with Crippen LogP contribution in [0, 0.1) is 0 Å². The van der Waals surface area contributed by atoms with E-state index in [0.29, 0.717) is 27.1 Å². The Bertz CT molecular complexity index is 1890. The third-order valence-corrected chi connectivity index (χ3v) is 9.04. The molecule has 1 aromatic heterocycles. The second kappa shape index (κ2) is 11.0. The first-order chi connectivity index (χ1) is 20.0. The summed E-state index contributed by atoms with van der Waals surface area (Å²) in [5.41, 5.74) is 3.73. The quantitative estimate of drug-likeness (QED) is 0.249. The fourth-order valence-electron chi connectivity index (χ4n) is 5.41. The first-order valence-electron chi connectivity index (χ1n) is 13.3. The fraction of sp³-hybridized carbons (Fsp3) is 0.188. The summed E-state index contributed by atoms with van der Waals surface area (Å²) in [4.78, 5) is 49.7. The van der Waals surface area contributed by atoms with E-state index in [1.54, 1.807) is 28.2 Å². The van der Waals surface area contributed by atoms with Crippen LogP contribution in [0.5, 0.6) is 0 Å². The Hall–Kier alpha value is -4.21. The number of amides is 1. The van der Waals surface area contributed by atoms with Crippen molar-refractivity contribution in [1.82, 2.24) is 4.57 Å². The highest BCUT2D eigenvalue weighted by Crippen LogP contribution is 2.37. The molecule has 0 aliphatic carbocycles. The molecule has 0 unspecified atom stereocenters. The van der Waals surface area contributed by atoms with Gasteiger partial charge in [-0.1, -0.05) is 72.0 Å². The highest BCUT2D eigenvalue weighted by Gasteiger charge is 2.37. The van der Waals surface area contributed by atoms with Crippen molar-refractivity contribution < 1.29 is 14.3 Å². The van der Waals surface area contributed by atoms with E-state index >= 15 is 0 Å². The number of likely N-dealkylation sites (N-methyl/N-ethyl adjacent to an activating group) is 1. The van der Waals surface area contributed by atoms with E-state index in [1.807, 2.05) is 92.0 Å². The molecular weight excluding hydrogens is 555 g/mol. The van der Waals surface area contributed by atoms with E-state index in [-0.39, 0.29) is 23.6 Å². The van der Waals surface area contributed by atoms with Gasteiger partial charge in [0.15, 0.2) is 4.80 Å². The molecule has 1 atom stereocenters. The van der Waals surface area contributed by atoms with Gasteiger partial charge in [-0.2, -0.15) is 0 Å². The number of thiazole rings is 1. The molecule has 0 fully saturated rings. The molecule has 2 aliphatic heterocycles. The monoisotopic (exact) mass is 581 g/mol. The number of rotatable bonds is 6. The normalized spacial score (nSPS) is 17.3. The Kier molecular flexibility index (Phi) is 7.23. The van der Waals surface area contributed by atoms with Crippen LogP contribution >= 0.6 is 23.1 Å². The molecule has 7 nitrogen and oxygen atoms in total. The molecule has 2 aliphatic rings. The Balaban J connectivity index is 1.71. The molecule has 0 spiro atoms. The summed E-state index contributed by atoms with van der Waals surface area (Å²) < 4.78 is 7.40. The summed E-state index contributed by atoms with van der Waals surface area (Å²) in [7, 11) is 0. The third-order valence-electron chi connectivity index (χ3n) is 7.25. The van der Waals surface area contributed by atoms with Crippen LogP contribution in [-0.2, 0) is 14.3 Å². The molecular formula is C32H27N3O4S2. The molecule has 0 saturated heterocycles. The summed E-state index contributed by atoms with van der Waals surface area (Å²) in [5.74, 6) is -0.751. The predicted molar refractivity (Wildman–Crippen MR) is 163 cm³/mol. The molecule has 41 heavy (non-hydrogen) atoms. The van der Waals surface area contributed by atoms with Gasteiger partial charge in [0, 0.05) is 22.6 Å². The first-order valence-corrected chi connectivity index (χ1v) is 15.4. The molecule has 6 rings (SSSR count). The van der Waals surface area contributed by atoms with Crippen LogP contribution in [0.1, 0.15) is 36.6 Å². The van der Waals surface area contributed by atoms with E-state index in [1.165, 1.54) is 11.3 Å². The van der Waals surface area contributed by atoms with Crippen LogP contribution in [0.4, 0.5) is 5.69 Å². The maximum atomic E-state index is 14.4. The minimum absolute atomic E-state index is 0.176. The number of hydrogen-bond donors (Lipinski definition) is 0. The number of fused-ring (bicyclic) bond motifs is 2. The van der Waals surface area contributed by atoms with Gasteiger partial charge in [0.25, 0.3) is 11.5 Å². The molecule has 3 heterocycles. The number of aromatic nitrogens is 1. The van der Waals surface area contributed by atoms with Crippen LogP contribution in [0.25, 0.3) is 11.3 Å². The topological polar surface area (TPSA) is 81.0 Å². The number of para-hydroxylation sites is 1. The van der Waals surface area contributed by atoms with Crippen molar-refractivity contribution in [3.8, 4) is 0 Å². The summed E-state index contributed by atoms with van der Waals surface area (Å²) in [6, 6.07) is 24.0. The largest absolute Gasteiger partial charge is 0.463 e. The average Bonchev–Trinajstić information content (AvgIpc) is 3.48.